The van der Waals surface area contributed by atoms with Gasteiger partial charge in [0.1, 0.15) is 0 Å². The van der Waals surface area contributed by atoms with Gasteiger partial charge in [0.05, 0.1) is 0 Å². The Balaban J connectivity index is 1.99. The van der Waals surface area contributed by atoms with Gasteiger partial charge in [0.2, 0.25) is 11.8 Å². The minimum Gasteiger partial charge on any atom is -0.302 e. The van der Waals surface area contributed by atoms with Gasteiger partial charge in [-0.15, -0.1) is 0 Å². The molecule has 1 fully saturated rings. The van der Waals surface area contributed by atoms with Gasteiger partial charge in [0.25, 0.3) is 0 Å². The molecule has 1 atom stereocenters. The summed E-state index contributed by atoms with van der Waals surface area (Å²) in [5.74, 6) is -1.10. The molecule has 1 aliphatic heterocycles. The van der Waals surface area contributed by atoms with E-state index in [0.29, 0.717) is 19.0 Å². The number of nitrogens with one attached hydrogen (secondary N) is 1. The summed E-state index contributed by atoms with van der Waals surface area (Å²) in [6.45, 7) is 5.21. The van der Waals surface area contributed by atoms with Crippen molar-refractivity contribution in [1.82, 2.24) is 10.2 Å². The molecule has 23 heavy (non-hydrogen) atoms. The molecule has 6 heteroatoms. The van der Waals surface area contributed by atoms with Crippen LogP contribution in [-0.4, -0.2) is 41.1 Å². The molecule has 2 amide bonds. The Morgan fingerprint density at radius 2 is 2.22 bits per heavy atom. The summed E-state index contributed by atoms with van der Waals surface area (Å²) >= 11 is 5.16. The number of hydrogen-bond donors (Lipinski definition) is 1. The van der Waals surface area contributed by atoms with E-state index in [1.165, 1.54) is 29.5 Å². The third-order valence-electron chi connectivity index (χ3n) is 4.06. The van der Waals surface area contributed by atoms with Crippen LogP contribution in [0.5, 0.6) is 0 Å². The quantitative estimate of drug-likeness (QED) is 0.351. The molecule has 2 rings (SSSR count). The highest BCUT2D eigenvalue weighted by Crippen LogP contribution is 2.21. The van der Waals surface area contributed by atoms with E-state index in [1.807, 2.05) is 13.8 Å². The van der Waals surface area contributed by atoms with Gasteiger partial charge in [-0.1, -0.05) is 25.5 Å². The predicted molar refractivity (Wildman–Crippen MR) is 95.3 cm³/mol. The van der Waals surface area contributed by atoms with Crippen molar-refractivity contribution in [3.8, 4) is 0 Å². The van der Waals surface area contributed by atoms with Crippen LogP contribution in [0.2, 0.25) is 0 Å². The van der Waals surface area contributed by atoms with Crippen molar-refractivity contribution in [1.29, 1.82) is 0 Å². The number of carbonyl (C=O) groups excluding carboxylic acids is 2. The zero-order valence-corrected chi connectivity index (χ0v) is 14.7. The Morgan fingerprint density at radius 3 is 2.87 bits per heavy atom. The van der Waals surface area contributed by atoms with Crippen LogP contribution in [0.15, 0.2) is 16.6 Å². The first-order chi connectivity index (χ1) is 11.0. The van der Waals surface area contributed by atoms with Crippen LogP contribution < -0.4 is 5.32 Å². The summed E-state index contributed by atoms with van der Waals surface area (Å²) in [6, 6.07) is 0. The van der Waals surface area contributed by atoms with Crippen molar-refractivity contribution in [2.45, 2.75) is 46.0 Å². The smallest absolute Gasteiger partial charge is 0.246 e. The lowest BCUT2D eigenvalue weighted by Crippen LogP contribution is -2.58. The van der Waals surface area contributed by atoms with Crippen LogP contribution in [-0.2, 0) is 9.59 Å². The second-order valence-corrected chi connectivity index (χ2v) is 6.91. The molecule has 1 unspecified atom stereocenters. The van der Waals surface area contributed by atoms with Crippen molar-refractivity contribution in [2.24, 2.45) is 16.8 Å². The fraction of sp³-hybridized carbons (Fsp3) is 0.647. The average Bonchev–Trinajstić information content (AvgIpc) is 2.51. The maximum atomic E-state index is 12.6. The number of nitrogens with zero attached hydrogens (tertiary/aromatic N) is 2. The van der Waals surface area contributed by atoms with Crippen LogP contribution in [0, 0.1) is 11.8 Å². The number of aliphatic imine (C=N–C) groups is 1. The molecule has 1 heterocycles. The van der Waals surface area contributed by atoms with Gasteiger partial charge in [0.15, 0.2) is 11.0 Å². The first-order valence-electron chi connectivity index (χ1n) is 8.33. The lowest BCUT2D eigenvalue weighted by atomic mass is 9.97. The molecule has 1 saturated heterocycles. The van der Waals surface area contributed by atoms with Crippen LogP contribution in [0.25, 0.3) is 0 Å². The first-order valence-corrected chi connectivity index (χ1v) is 8.74. The summed E-state index contributed by atoms with van der Waals surface area (Å²) in [4.78, 5) is 30.3. The SMILES string of the molecule is CC(C)CN=CC1C(=O)NC(=S)N(CCC2=CCCCC2)C1=O. The third-order valence-corrected chi connectivity index (χ3v) is 4.38. The molecule has 0 aromatic heterocycles. The van der Waals surface area contributed by atoms with Crippen LogP contribution in [0.3, 0.4) is 0 Å². The summed E-state index contributed by atoms with van der Waals surface area (Å²) in [6.07, 6.45) is 9.22. The van der Waals surface area contributed by atoms with Crippen molar-refractivity contribution in [3.63, 3.8) is 0 Å². The van der Waals surface area contributed by atoms with E-state index >= 15 is 0 Å². The zero-order chi connectivity index (χ0) is 16.8. The van der Waals surface area contributed by atoms with E-state index in [2.05, 4.69) is 16.4 Å². The molecule has 0 bridgehead atoms. The molecule has 1 N–H and O–H groups in total. The van der Waals surface area contributed by atoms with Gasteiger partial charge in [-0.3, -0.25) is 19.5 Å². The van der Waals surface area contributed by atoms with E-state index in [-0.39, 0.29) is 16.9 Å². The number of amides is 2. The summed E-state index contributed by atoms with van der Waals surface area (Å²) < 4.78 is 0. The Bertz CT molecular complexity index is 540. The van der Waals surface area contributed by atoms with Gasteiger partial charge >= 0.3 is 0 Å². The Labute approximate surface area is 143 Å². The molecule has 126 valence electrons. The number of carbonyl (C=O) groups is 2. The van der Waals surface area contributed by atoms with E-state index in [4.69, 9.17) is 12.2 Å². The molecule has 0 aromatic carbocycles. The van der Waals surface area contributed by atoms with E-state index in [1.54, 1.807) is 0 Å². The van der Waals surface area contributed by atoms with E-state index in [0.717, 1.165) is 19.3 Å². The van der Waals surface area contributed by atoms with Crippen LogP contribution in [0.4, 0.5) is 0 Å². The topological polar surface area (TPSA) is 61.8 Å². The second kappa shape index (κ2) is 8.34. The molecular weight excluding hydrogens is 310 g/mol. The maximum Gasteiger partial charge on any atom is 0.246 e. The fourth-order valence-electron chi connectivity index (χ4n) is 2.74. The highest BCUT2D eigenvalue weighted by atomic mass is 32.1. The van der Waals surface area contributed by atoms with Crippen molar-refractivity contribution in [2.75, 3.05) is 13.1 Å². The lowest BCUT2D eigenvalue weighted by Gasteiger charge is -2.31. The minimum absolute atomic E-state index is 0.213. The molecule has 0 saturated carbocycles. The first kappa shape index (κ1) is 17.8. The molecule has 0 aromatic rings. The van der Waals surface area contributed by atoms with Gasteiger partial charge in [-0.25, -0.2) is 0 Å². The van der Waals surface area contributed by atoms with Crippen molar-refractivity contribution >= 4 is 35.4 Å². The molecular formula is C17H25N3O2S. The highest BCUT2D eigenvalue weighted by molar-refractivity contribution is 7.80. The van der Waals surface area contributed by atoms with Crippen molar-refractivity contribution in [3.05, 3.63) is 11.6 Å². The Hall–Kier alpha value is -1.56. The molecule has 1 aliphatic carbocycles. The third kappa shape index (κ3) is 4.96. The summed E-state index contributed by atoms with van der Waals surface area (Å²) in [7, 11) is 0. The monoisotopic (exact) mass is 335 g/mol. The van der Waals surface area contributed by atoms with E-state index in [9.17, 15) is 9.59 Å². The predicted octanol–water partition coefficient (Wildman–Crippen LogP) is 2.46. The van der Waals surface area contributed by atoms with Gasteiger partial charge in [-0.05, 0) is 50.2 Å². The fourth-order valence-corrected chi connectivity index (χ4v) is 3.02. The van der Waals surface area contributed by atoms with E-state index < -0.39 is 5.92 Å². The highest BCUT2D eigenvalue weighted by Gasteiger charge is 2.37. The lowest BCUT2D eigenvalue weighted by molar-refractivity contribution is -0.137. The van der Waals surface area contributed by atoms with Crippen LogP contribution in [0.1, 0.15) is 46.0 Å². The largest absolute Gasteiger partial charge is 0.302 e. The molecule has 2 aliphatic rings. The summed E-state index contributed by atoms with van der Waals surface area (Å²) in [5.41, 5.74) is 1.38. The molecule has 5 nitrogen and oxygen atoms in total. The Kier molecular flexibility index (Phi) is 6.45. The van der Waals surface area contributed by atoms with Gasteiger partial charge in [0, 0.05) is 19.3 Å². The number of hydrogen-bond acceptors (Lipinski definition) is 4. The normalized spacial score (nSPS) is 22.7. The summed E-state index contributed by atoms with van der Waals surface area (Å²) in [5, 5.41) is 2.84. The van der Waals surface area contributed by atoms with Crippen LogP contribution >= 0.6 is 12.2 Å². The average molecular weight is 335 g/mol. The standard InChI is InChI=1S/C17H25N3O2S/c1-12(2)10-18-11-14-15(21)19-17(23)20(16(14)22)9-8-13-6-4-3-5-7-13/h6,11-12,14H,3-5,7-10H2,1-2H3,(H,19,21,23). The number of rotatable bonds is 6. The zero-order valence-electron chi connectivity index (χ0n) is 13.9. The van der Waals surface area contributed by atoms with Gasteiger partial charge in [-0.2, -0.15) is 0 Å². The molecule has 0 spiro atoms. The van der Waals surface area contributed by atoms with Gasteiger partial charge < -0.3 is 5.32 Å². The minimum atomic E-state index is -0.860. The number of allylic oxidation sites excluding steroid dienone is 1. The maximum absolute atomic E-state index is 12.6. The second-order valence-electron chi connectivity index (χ2n) is 6.53. The number of thiocarbonyl (C=S) groups is 1. The Morgan fingerprint density at radius 1 is 1.43 bits per heavy atom. The molecule has 0 radical (unpaired) electrons. The van der Waals surface area contributed by atoms with Crippen molar-refractivity contribution < 1.29 is 9.59 Å².